The number of carbonyl (C=O) groups is 1. The second-order valence-electron chi connectivity index (χ2n) is 4.95. The van der Waals surface area contributed by atoms with Gasteiger partial charge in [-0.3, -0.25) is 4.79 Å². The summed E-state index contributed by atoms with van der Waals surface area (Å²) in [6.45, 7) is 4.69. The molecule has 3 heteroatoms. The maximum absolute atomic E-state index is 11.7. The number of likely N-dealkylation sites (tertiary alicyclic amines) is 1. The predicted molar refractivity (Wildman–Crippen MR) is 60.6 cm³/mol. The summed E-state index contributed by atoms with van der Waals surface area (Å²) in [4.78, 5) is 13.7. The molecular formula is C12H22N2O. The summed E-state index contributed by atoms with van der Waals surface area (Å²) < 4.78 is 0. The van der Waals surface area contributed by atoms with Gasteiger partial charge in [-0.05, 0) is 38.5 Å². The van der Waals surface area contributed by atoms with Crippen molar-refractivity contribution in [3.8, 4) is 0 Å². The Bertz CT molecular complexity index is 220. The highest BCUT2D eigenvalue weighted by atomic mass is 16.2. The Morgan fingerprint density at radius 1 is 1.33 bits per heavy atom. The fourth-order valence-electron chi connectivity index (χ4n) is 2.43. The maximum atomic E-state index is 11.7. The average molecular weight is 210 g/mol. The molecule has 2 fully saturated rings. The van der Waals surface area contributed by atoms with Gasteiger partial charge in [0.2, 0.25) is 5.91 Å². The zero-order chi connectivity index (χ0) is 10.7. The first-order valence-electron chi connectivity index (χ1n) is 6.28. The minimum Gasteiger partial charge on any atom is -0.342 e. The van der Waals surface area contributed by atoms with Crippen molar-refractivity contribution < 1.29 is 4.79 Å². The first-order chi connectivity index (χ1) is 7.27. The van der Waals surface area contributed by atoms with Crippen LogP contribution in [0.5, 0.6) is 0 Å². The molecule has 1 N–H and O–H groups in total. The lowest BCUT2D eigenvalue weighted by atomic mass is 9.80. The Morgan fingerprint density at radius 2 is 2.00 bits per heavy atom. The van der Waals surface area contributed by atoms with Crippen molar-refractivity contribution in [1.29, 1.82) is 0 Å². The van der Waals surface area contributed by atoms with Gasteiger partial charge >= 0.3 is 0 Å². The van der Waals surface area contributed by atoms with E-state index in [4.69, 9.17) is 0 Å². The molecule has 1 heterocycles. The molecule has 1 saturated carbocycles. The molecule has 1 aliphatic heterocycles. The molecule has 2 aliphatic rings. The molecule has 1 saturated heterocycles. The molecule has 0 spiro atoms. The third-order valence-corrected chi connectivity index (χ3v) is 3.89. The van der Waals surface area contributed by atoms with Gasteiger partial charge in [-0.1, -0.05) is 6.42 Å². The second-order valence-corrected chi connectivity index (χ2v) is 4.95. The van der Waals surface area contributed by atoms with Crippen molar-refractivity contribution >= 4 is 5.91 Å². The molecule has 86 valence electrons. The van der Waals surface area contributed by atoms with Crippen LogP contribution in [-0.2, 0) is 4.79 Å². The summed E-state index contributed by atoms with van der Waals surface area (Å²) in [5.41, 5.74) is 0. The molecule has 0 aromatic carbocycles. The van der Waals surface area contributed by atoms with Gasteiger partial charge in [-0.15, -0.1) is 0 Å². The molecule has 1 atom stereocenters. The Kier molecular flexibility index (Phi) is 3.62. The first kappa shape index (κ1) is 10.9. The van der Waals surface area contributed by atoms with Crippen LogP contribution in [0.15, 0.2) is 0 Å². The standard InChI is InChI=1S/C12H22N2O/c1-10(11-5-4-6-11)13-9-12(15)14-7-2-3-8-14/h10-11,13H,2-9H2,1H3. The minimum atomic E-state index is 0.290. The lowest BCUT2D eigenvalue weighted by Crippen LogP contribution is -2.43. The molecule has 2 rings (SSSR count). The topological polar surface area (TPSA) is 32.3 Å². The van der Waals surface area contributed by atoms with Crippen molar-refractivity contribution in [2.45, 2.75) is 45.1 Å². The summed E-state index contributed by atoms with van der Waals surface area (Å²) in [5, 5.41) is 3.37. The van der Waals surface area contributed by atoms with Crippen molar-refractivity contribution in [1.82, 2.24) is 10.2 Å². The van der Waals surface area contributed by atoms with E-state index in [-0.39, 0.29) is 0 Å². The number of amides is 1. The van der Waals surface area contributed by atoms with Gasteiger partial charge in [0.25, 0.3) is 0 Å². The van der Waals surface area contributed by atoms with Crippen LogP contribution in [0.1, 0.15) is 39.0 Å². The smallest absolute Gasteiger partial charge is 0.236 e. The Balaban J connectivity index is 1.65. The molecule has 0 aromatic heterocycles. The SMILES string of the molecule is CC(NCC(=O)N1CCCC1)C1CCC1. The van der Waals surface area contributed by atoms with Gasteiger partial charge < -0.3 is 10.2 Å². The highest BCUT2D eigenvalue weighted by Crippen LogP contribution is 2.29. The van der Waals surface area contributed by atoms with Crippen LogP contribution in [0, 0.1) is 5.92 Å². The number of hydrogen-bond acceptors (Lipinski definition) is 2. The highest BCUT2D eigenvalue weighted by Gasteiger charge is 2.25. The molecule has 0 aromatic rings. The largest absolute Gasteiger partial charge is 0.342 e. The van der Waals surface area contributed by atoms with Crippen molar-refractivity contribution in [3.05, 3.63) is 0 Å². The summed E-state index contributed by atoms with van der Waals surface area (Å²) in [5.74, 6) is 1.11. The Labute approximate surface area is 92.2 Å². The number of hydrogen-bond donors (Lipinski definition) is 1. The van der Waals surface area contributed by atoms with Crippen LogP contribution < -0.4 is 5.32 Å². The zero-order valence-electron chi connectivity index (χ0n) is 9.67. The summed E-state index contributed by atoms with van der Waals surface area (Å²) >= 11 is 0. The van der Waals surface area contributed by atoms with E-state index in [0.717, 1.165) is 19.0 Å². The molecule has 15 heavy (non-hydrogen) atoms. The van der Waals surface area contributed by atoms with E-state index in [1.165, 1.54) is 32.1 Å². The predicted octanol–water partition coefficient (Wildman–Crippen LogP) is 1.39. The summed E-state index contributed by atoms with van der Waals surface area (Å²) in [6, 6.07) is 0.519. The van der Waals surface area contributed by atoms with Crippen molar-refractivity contribution in [2.24, 2.45) is 5.92 Å². The lowest BCUT2D eigenvalue weighted by molar-refractivity contribution is -0.129. The second kappa shape index (κ2) is 4.97. The molecular weight excluding hydrogens is 188 g/mol. The van der Waals surface area contributed by atoms with E-state index >= 15 is 0 Å². The summed E-state index contributed by atoms with van der Waals surface area (Å²) in [6.07, 6.45) is 6.42. The molecule has 1 amide bonds. The molecule has 0 bridgehead atoms. The van der Waals surface area contributed by atoms with Crippen LogP contribution in [0.4, 0.5) is 0 Å². The average Bonchev–Trinajstić information content (AvgIpc) is 2.63. The number of carbonyl (C=O) groups excluding carboxylic acids is 1. The van der Waals surface area contributed by atoms with E-state index in [1.54, 1.807) is 0 Å². The number of nitrogens with one attached hydrogen (secondary N) is 1. The van der Waals surface area contributed by atoms with Gasteiger partial charge in [0, 0.05) is 19.1 Å². The van der Waals surface area contributed by atoms with E-state index in [2.05, 4.69) is 12.2 Å². The number of nitrogens with zero attached hydrogens (tertiary/aromatic N) is 1. The van der Waals surface area contributed by atoms with Crippen molar-refractivity contribution in [3.63, 3.8) is 0 Å². The fraction of sp³-hybridized carbons (Fsp3) is 0.917. The summed E-state index contributed by atoms with van der Waals surface area (Å²) in [7, 11) is 0. The lowest BCUT2D eigenvalue weighted by Gasteiger charge is -2.32. The van der Waals surface area contributed by atoms with Gasteiger partial charge in [0.15, 0.2) is 0 Å². The highest BCUT2D eigenvalue weighted by molar-refractivity contribution is 5.78. The molecule has 3 nitrogen and oxygen atoms in total. The third-order valence-electron chi connectivity index (χ3n) is 3.89. The van der Waals surface area contributed by atoms with E-state index in [1.807, 2.05) is 4.90 Å². The monoisotopic (exact) mass is 210 g/mol. The van der Waals surface area contributed by atoms with Crippen LogP contribution in [-0.4, -0.2) is 36.5 Å². The Hall–Kier alpha value is -0.570. The Morgan fingerprint density at radius 3 is 2.53 bits per heavy atom. The van der Waals surface area contributed by atoms with E-state index < -0.39 is 0 Å². The third kappa shape index (κ3) is 2.71. The quantitative estimate of drug-likeness (QED) is 0.760. The van der Waals surface area contributed by atoms with Crippen LogP contribution in [0.2, 0.25) is 0 Å². The minimum absolute atomic E-state index is 0.290. The van der Waals surface area contributed by atoms with Crippen molar-refractivity contribution in [2.75, 3.05) is 19.6 Å². The normalized spacial score (nSPS) is 23.9. The zero-order valence-corrected chi connectivity index (χ0v) is 9.67. The number of rotatable bonds is 4. The molecule has 1 unspecified atom stereocenters. The van der Waals surface area contributed by atoms with Crippen LogP contribution in [0.25, 0.3) is 0 Å². The van der Waals surface area contributed by atoms with Gasteiger partial charge in [-0.2, -0.15) is 0 Å². The van der Waals surface area contributed by atoms with Gasteiger partial charge in [0.05, 0.1) is 6.54 Å². The van der Waals surface area contributed by atoms with E-state index in [9.17, 15) is 4.79 Å². The fourth-order valence-corrected chi connectivity index (χ4v) is 2.43. The molecule has 1 aliphatic carbocycles. The van der Waals surface area contributed by atoms with Crippen LogP contribution in [0.3, 0.4) is 0 Å². The van der Waals surface area contributed by atoms with E-state index in [0.29, 0.717) is 18.5 Å². The molecule has 0 radical (unpaired) electrons. The van der Waals surface area contributed by atoms with Gasteiger partial charge in [-0.25, -0.2) is 0 Å². The first-order valence-corrected chi connectivity index (χ1v) is 6.28. The van der Waals surface area contributed by atoms with Crippen LogP contribution >= 0.6 is 0 Å². The van der Waals surface area contributed by atoms with Gasteiger partial charge in [0.1, 0.15) is 0 Å². The maximum Gasteiger partial charge on any atom is 0.236 e.